The molecule has 0 amide bonds. The predicted octanol–water partition coefficient (Wildman–Crippen LogP) is 4.64. The number of hydrogen-bond donors (Lipinski definition) is 1. The summed E-state index contributed by atoms with van der Waals surface area (Å²) in [6.07, 6.45) is 7.34. The van der Waals surface area contributed by atoms with E-state index in [2.05, 4.69) is 29.2 Å². The van der Waals surface area contributed by atoms with Gasteiger partial charge < -0.3 is 9.64 Å². The molecule has 4 nitrogen and oxygen atoms in total. The van der Waals surface area contributed by atoms with Crippen molar-refractivity contribution in [3.05, 3.63) is 71.0 Å². The minimum Gasteiger partial charge on any atom is -0.449 e. The highest BCUT2D eigenvalue weighted by atomic mass is 19.1. The number of fused-ring (bicyclic) bond motifs is 1. The first-order chi connectivity index (χ1) is 14.3. The predicted molar refractivity (Wildman–Crippen MR) is 114 cm³/mol. The van der Waals surface area contributed by atoms with Gasteiger partial charge in [-0.15, -0.1) is 0 Å². The summed E-state index contributed by atoms with van der Waals surface area (Å²) in [5.41, 5.74) is 9.31. The van der Waals surface area contributed by atoms with Gasteiger partial charge in [0.25, 0.3) is 6.02 Å². The molecule has 1 aliphatic carbocycles. The van der Waals surface area contributed by atoms with Gasteiger partial charge in [-0.3, -0.25) is 5.73 Å². The third kappa shape index (κ3) is 4.61. The van der Waals surface area contributed by atoms with Gasteiger partial charge in [-0.25, -0.2) is 9.38 Å². The number of amidine groups is 1. The molecule has 5 heteroatoms. The maximum absolute atomic E-state index is 13.6. The summed E-state index contributed by atoms with van der Waals surface area (Å²) in [5.74, 6) is 0.556. The van der Waals surface area contributed by atoms with Crippen LogP contribution in [0, 0.1) is 11.7 Å². The van der Waals surface area contributed by atoms with Crippen molar-refractivity contribution in [1.29, 1.82) is 0 Å². The Morgan fingerprint density at radius 3 is 2.62 bits per heavy atom. The normalized spacial score (nSPS) is 20.0. The molecule has 0 bridgehead atoms. The lowest BCUT2D eigenvalue weighted by molar-refractivity contribution is 0.208. The van der Waals surface area contributed by atoms with E-state index in [-0.39, 0.29) is 18.6 Å². The molecule has 4 rings (SSSR count). The molecule has 1 saturated carbocycles. The summed E-state index contributed by atoms with van der Waals surface area (Å²) < 4.78 is 19.4. The van der Waals surface area contributed by atoms with E-state index in [4.69, 9.17) is 15.5 Å². The Balaban J connectivity index is 1.63. The number of ether oxygens (including phenoxy) is 1. The molecular weight excluding hydrogens is 365 g/mol. The SMILES string of the molecule is NCO/C(=N\CCC1CCCC1)N1CCc2ccccc2[C@@H]1c1ccc(F)cc1. The van der Waals surface area contributed by atoms with Crippen LogP contribution in [0.3, 0.4) is 0 Å². The fraction of sp³-hybridized carbons (Fsp3) is 0.458. The highest BCUT2D eigenvalue weighted by Crippen LogP contribution is 2.36. The van der Waals surface area contributed by atoms with Crippen LogP contribution in [0.5, 0.6) is 0 Å². The summed E-state index contributed by atoms with van der Waals surface area (Å²) in [6.45, 7) is 1.64. The van der Waals surface area contributed by atoms with Crippen LogP contribution in [0.2, 0.25) is 0 Å². The summed E-state index contributed by atoms with van der Waals surface area (Å²) in [4.78, 5) is 7.02. The Hall–Kier alpha value is -2.40. The average molecular weight is 396 g/mol. The Morgan fingerprint density at radius 1 is 1.10 bits per heavy atom. The van der Waals surface area contributed by atoms with Crippen molar-refractivity contribution in [2.75, 3.05) is 19.8 Å². The van der Waals surface area contributed by atoms with E-state index >= 15 is 0 Å². The first-order valence-corrected chi connectivity index (χ1v) is 10.7. The van der Waals surface area contributed by atoms with Crippen LogP contribution in [0.15, 0.2) is 53.5 Å². The lowest BCUT2D eigenvalue weighted by atomic mass is 9.88. The number of rotatable bonds is 5. The van der Waals surface area contributed by atoms with E-state index < -0.39 is 0 Å². The zero-order valence-electron chi connectivity index (χ0n) is 16.9. The number of benzene rings is 2. The molecule has 0 radical (unpaired) electrons. The molecule has 1 aliphatic heterocycles. The van der Waals surface area contributed by atoms with Crippen molar-refractivity contribution >= 4 is 6.02 Å². The van der Waals surface area contributed by atoms with Crippen LogP contribution in [0.1, 0.15) is 54.8 Å². The van der Waals surface area contributed by atoms with Crippen molar-refractivity contribution in [3.8, 4) is 0 Å². The van der Waals surface area contributed by atoms with Crippen LogP contribution in [0.25, 0.3) is 0 Å². The summed E-state index contributed by atoms with van der Waals surface area (Å²) in [7, 11) is 0. The minimum absolute atomic E-state index is 0.0580. The molecule has 2 aromatic rings. The fourth-order valence-electron chi connectivity index (χ4n) is 4.71. The van der Waals surface area contributed by atoms with Crippen molar-refractivity contribution in [1.82, 2.24) is 4.90 Å². The second-order valence-corrected chi connectivity index (χ2v) is 8.01. The molecule has 2 aromatic carbocycles. The van der Waals surface area contributed by atoms with E-state index in [1.165, 1.54) is 48.9 Å². The zero-order chi connectivity index (χ0) is 20.1. The Bertz CT molecular complexity index is 830. The van der Waals surface area contributed by atoms with E-state index in [0.29, 0.717) is 6.02 Å². The fourth-order valence-corrected chi connectivity index (χ4v) is 4.71. The summed E-state index contributed by atoms with van der Waals surface area (Å²) in [6, 6.07) is 15.7. The van der Waals surface area contributed by atoms with Crippen molar-refractivity contribution in [3.63, 3.8) is 0 Å². The van der Waals surface area contributed by atoms with Gasteiger partial charge in [0.05, 0.1) is 6.04 Å². The highest BCUT2D eigenvalue weighted by molar-refractivity contribution is 5.75. The van der Waals surface area contributed by atoms with Crippen molar-refractivity contribution in [2.24, 2.45) is 16.6 Å². The quantitative estimate of drug-likeness (QED) is 0.456. The van der Waals surface area contributed by atoms with Crippen molar-refractivity contribution in [2.45, 2.75) is 44.6 Å². The van der Waals surface area contributed by atoms with Crippen LogP contribution in [-0.2, 0) is 11.2 Å². The Morgan fingerprint density at radius 2 is 1.86 bits per heavy atom. The molecule has 0 aromatic heterocycles. The molecule has 29 heavy (non-hydrogen) atoms. The van der Waals surface area contributed by atoms with Gasteiger partial charge in [0.1, 0.15) is 12.5 Å². The highest BCUT2D eigenvalue weighted by Gasteiger charge is 2.31. The molecule has 2 N–H and O–H groups in total. The molecule has 0 saturated heterocycles. The molecule has 1 heterocycles. The lowest BCUT2D eigenvalue weighted by Crippen LogP contribution is -2.42. The molecule has 0 spiro atoms. The number of nitrogens with two attached hydrogens (primary N) is 1. The van der Waals surface area contributed by atoms with E-state index in [1.807, 2.05) is 12.1 Å². The Labute approximate surface area is 172 Å². The molecular formula is C24H30FN3O. The molecule has 1 atom stereocenters. The first-order valence-electron chi connectivity index (χ1n) is 10.7. The Kier molecular flexibility index (Phi) is 6.45. The minimum atomic E-state index is -0.229. The number of aliphatic imine (C=N–C) groups is 1. The lowest BCUT2D eigenvalue weighted by Gasteiger charge is -2.38. The summed E-state index contributed by atoms with van der Waals surface area (Å²) in [5, 5.41) is 0. The van der Waals surface area contributed by atoms with Crippen LogP contribution in [0.4, 0.5) is 4.39 Å². The molecule has 154 valence electrons. The van der Waals surface area contributed by atoms with Gasteiger partial charge in [0.15, 0.2) is 0 Å². The number of halogens is 1. The zero-order valence-corrected chi connectivity index (χ0v) is 16.9. The van der Waals surface area contributed by atoms with E-state index in [9.17, 15) is 4.39 Å². The standard InChI is InChI=1S/C24H30FN3O/c25-21-11-9-20(10-12-21)23-22-8-4-3-7-19(22)14-16-28(23)24(29-17-26)27-15-13-18-5-1-2-6-18/h3-4,7-12,18,23H,1-2,5-6,13-17,26H2/b27-24-/t23-/m0/s1. The van der Waals surface area contributed by atoms with Gasteiger partial charge in [-0.05, 0) is 47.6 Å². The monoisotopic (exact) mass is 395 g/mol. The third-order valence-electron chi connectivity index (χ3n) is 6.19. The van der Waals surface area contributed by atoms with Gasteiger partial charge in [-0.1, -0.05) is 62.1 Å². The van der Waals surface area contributed by atoms with E-state index in [0.717, 1.165) is 37.4 Å². The van der Waals surface area contributed by atoms with Crippen molar-refractivity contribution < 1.29 is 9.13 Å². The number of hydrogen-bond acceptors (Lipinski definition) is 3. The van der Waals surface area contributed by atoms with Crippen LogP contribution >= 0.6 is 0 Å². The topological polar surface area (TPSA) is 50.9 Å². The van der Waals surface area contributed by atoms with Gasteiger partial charge in [-0.2, -0.15) is 0 Å². The van der Waals surface area contributed by atoms with Gasteiger partial charge in [0.2, 0.25) is 0 Å². The smallest absolute Gasteiger partial charge is 0.289 e. The average Bonchev–Trinajstić information content (AvgIpc) is 3.27. The second kappa shape index (κ2) is 9.40. The third-order valence-corrected chi connectivity index (χ3v) is 6.19. The van der Waals surface area contributed by atoms with Gasteiger partial charge >= 0.3 is 0 Å². The first kappa shape index (κ1) is 19.9. The van der Waals surface area contributed by atoms with Crippen LogP contribution < -0.4 is 5.73 Å². The largest absolute Gasteiger partial charge is 0.449 e. The molecule has 1 fully saturated rings. The van der Waals surface area contributed by atoms with Crippen LogP contribution in [-0.4, -0.2) is 30.7 Å². The van der Waals surface area contributed by atoms with Gasteiger partial charge in [0, 0.05) is 13.1 Å². The number of nitrogens with zero attached hydrogens (tertiary/aromatic N) is 2. The maximum atomic E-state index is 13.6. The molecule has 2 aliphatic rings. The second-order valence-electron chi connectivity index (χ2n) is 8.01. The molecule has 0 unspecified atom stereocenters. The maximum Gasteiger partial charge on any atom is 0.289 e. The summed E-state index contributed by atoms with van der Waals surface area (Å²) >= 11 is 0. The van der Waals surface area contributed by atoms with E-state index in [1.54, 1.807) is 0 Å².